The van der Waals surface area contributed by atoms with Gasteiger partial charge in [-0.25, -0.2) is 19.9 Å². The molecule has 9 heteroatoms. The first-order chi connectivity index (χ1) is 15.6. The summed E-state index contributed by atoms with van der Waals surface area (Å²) in [6, 6.07) is 7.38. The Morgan fingerprint density at radius 1 is 1.22 bits per heavy atom. The molecular weight excluding hydrogens is 428 g/mol. The van der Waals surface area contributed by atoms with Gasteiger partial charge in [0, 0.05) is 28.4 Å². The van der Waals surface area contributed by atoms with Crippen LogP contribution in [0.3, 0.4) is 0 Å². The Balaban J connectivity index is 1.39. The van der Waals surface area contributed by atoms with E-state index in [4.69, 9.17) is 20.8 Å². The van der Waals surface area contributed by atoms with Crippen LogP contribution in [0.1, 0.15) is 0 Å². The highest BCUT2D eigenvalue weighted by atomic mass is 35.5. The van der Waals surface area contributed by atoms with Gasteiger partial charge in [0.25, 0.3) is 0 Å². The molecule has 5 rings (SSSR count). The minimum absolute atomic E-state index is 0.0402. The zero-order valence-corrected chi connectivity index (χ0v) is 17.8. The highest BCUT2D eigenvalue weighted by molar-refractivity contribution is 6.33. The maximum Gasteiger partial charge on any atom is 0.214 e. The number of hydrogen-bond acceptors (Lipinski definition) is 8. The van der Waals surface area contributed by atoms with Crippen molar-refractivity contribution in [1.29, 1.82) is 0 Å². The van der Waals surface area contributed by atoms with Crippen molar-refractivity contribution in [2.24, 2.45) is 0 Å². The predicted octanol–water partition coefficient (Wildman–Crippen LogP) is 4.84. The number of benzene rings is 1. The molecule has 0 radical (unpaired) electrons. The summed E-state index contributed by atoms with van der Waals surface area (Å²) in [4.78, 5) is 19.2. The number of likely N-dealkylation sites (tertiary alicyclic amines) is 1. The zero-order chi connectivity index (χ0) is 22.1. The minimum atomic E-state index is 0.0402. The summed E-state index contributed by atoms with van der Waals surface area (Å²) in [6.07, 6.45) is 7.94. The van der Waals surface area contributed by atoms with Gasteiger partial charge in [-0.3, -0.25) is 0 Å². The van der Waals surface area contributed by atoms with E-state index in [1.807, 2.05) is 18.2 Å². The first kappa shape index (κ1) is 20.0. The standard InChI is InChI=1S/C23H19ClN6O2/c1-3-14(2)30-10-16(11-30)32-22-7-18-20(8-26-22)27-12-28-23(18)29-15-4-5-19(24)17(6-15)21-9-25-13-31-21/h3-9,12-13,16H,1-2,10-11H2,(H,27,28,29). The minimum Gasteiger partial charge on any atom is -0.471 e. The molecule has 0 amide bonds. The van der Waals surface area contributed by atoms with Crippen LogP contribution in [0.2, 0.25) is 5.02 Å². The molecule has 0 aliphatic carbocycles. The van der Waals surface area contributed by atoms with E-state index in [2.05, 4.69) is 43.3 Å². The topological polar surface area (TPSA) is 89.2 Å². The number of nitrogens with zero attached hydrogens (tertiary/aromatic N) is 5. The number of ether oxygens (including phenoxy) is 1. The van der Waals surface area contributed by atoms with Crippen LogP contribution >= 0.6 is 11.6 Å². The maximum atomic E-state index is 6.33. The van der Waals surface area contributed by atoms with E-state index in [9.17, 15) is 0 Å². The van der Waals surface area contributed by atoms with Crippen molar-refractivity contribution in [3.05, 3.63) is 79.3 Å². The Kier molecular flexibility index (Phi) is 5.20. The van der Waals surface area contributed by atoms with Crippen molar-refractivity contribution >= 4 is 34.0 Å². The highest BCUT2D eigenvalue weighted by Crippen LogP contribution is 2.33. The van der Waals surface area contributed by atoms with E-state index >= 15 is 0 Å². The summed E-state index contributed by atoms with van der Waals surface area (Å²) in [6.45, 7) is 9.19. The molecule has 160 valence electrons. The average Bonchev–Trinajstić information content (AvgIpc) is 3.32. The molecule has 1 aliphatic heterocycles. The van der Waals surface area contributed by atoms with Crippen LogP contribution in [0.4, 0.5) is 11.5 Å². The number of anilines is 2. The molecule has 1 N–H and O–H groups in total. The van der Waals surface area contributed by atoms with Gasteiger partial charge in [-0.15, -0.1) is 0 Å². The quantitative estimate of drug-likeness (QED) is 0.403. The second-order valence-electron chi connectivity index (χ2n) is 7.29. The van der Waals surface area contributed by atoms with E-state index in [-0.39, 0.29) is 6.10 Å². The van der Waals surface area contributed by atoms with Gasteiger partial charge in [0.2, 0.25) is 5.88 Å². The fraction of sp³-hybridized carbons (Fsp3) is 0.130. The van der Waals surface area contributed by atoms with Gasteiger partial charge in [0.1, 0.15) is 18.2 Å². The van der Waals surface area contributed by atoms with Crippen LogP contribution in [0, 0.1) is 0 Å². The smallest absolute Gasteiger partial charge is 0.214 e. The van der Waals surface area contributed by atoms with Crippen LogP contribution < -0.4 is 10.1 Å². The van der Waals surface area contributed by atoms with Crippen LogP contribution in [-0.2, 0) is 0 Å². The van der Waals surface area contributed by atoms with E-state index in [0.29, 0.717) is 28.0 Å². The Hall–Kier alpha value is -3.91. The molecule has 4 aromatic rings. The summed E-state index contributed by atoms with van der Waals surface area (Å²) in [5.74, 6) is 1.73. The van der Waals surface area contributed by atoms with E-state index < -0.39 is 0 Å². The molecule has 32 heavy (non-hydrogen) atoms. The second-order valence-corrected chi connectivity index (χ2v) is 7.69. The predicted molar refractivity (Wildman–Crippen MR) is 123 cm³/mol. The molecule has 0 spiro atoms. The lowest BCUT2D eigenvalue weighted by atomic mass is 10.1. The summed E-state index contributed by atoms with van der Waals surface area (Å²) in [5, 5.41) is 4.68. The van der Waals surface area contributed by atoms with Gasteiger partial charge in [0.15, 0.2) is 12.2 Å². The molecule has 0 unspecified atom stereocenters. The van der Waals surface area contributed by atoms with Gasteiger partial charge in [0.05, 0.1) is 36.0 Å². The monoisotopic (exact) mass is 446 g/mol. The summed E-state index contributed by atoms with van der Waals surface area (Å²) >= 11 is 6.33. The van der Waals surface area contributed by atoms with Crippen molar-refractivity contribution in [3.63, 3.8) is 0 Å². The van der Waals surface area contributed by atoms with Crippen LogP contribution in [0.25, 0.3) is 22.2 Å². The third kappa shape index (κ3) is 3.88. The molecule has 4 heterocycles. The van der Waals surface area contributed by atoms with Crippen LogP contribution in [0.5, 0.6) is 5.88 Å². The normalized spacial score (nSPS) is 13.6. The van der Waals surface area contributed by atoms with Gasteiger partial charge in [-0.1, -0.05) is 24.8 Å². The molecule has 1 aliphatic rings. The molecule has 0 atom stereocenters. The van der Waals surface area contributed by atoms with E-state index in [0.717, 1.165) is 35.4 Å². The first-order valence-electron chi connectivity index (χ1n) is 9.90. The van der Waals surface area contributed by atoms with E-state index in [1.165, 1.54) is 12.7 Å². The third-order valence-electron chi connectivity index (χ3n) is 5.20. The van der Waals surface area contributed by atoms with Crippen molar-refractivity contribution in [3.8, 4) is 17.2 Å². The maximum absolute atomic E-state index is 6.33. The number of oxazole rings is 1. The number of halogens is 1. The fourth-order valence-electron chi connectivity index (χ4n) is 3.43. The number of allylic oxidation sites excluding steroid dienone is 1. The molecule has 0 bridgehead atoms. The Morgan fingerprint density at radius 3 is 2.88 bits per heavy atom. The largest absolute Gasteiger partial charge is 0.471 e. The lowest BCUT2D eigenvalue weighted by molar-refractivity contribution is 0.0439. The highest BCUT2D eigenvalue weighted by Gasteiger charge is 2.28. The number of rotatable bonds is 7. The van der Waals surface area contributed by atoms with Gasteiger partial charge < -0.3 is 19.4 Å². The van der Waals surface area contributed by atoms with Gasteiger partial charge in [-0.05, 0) is 24.3 Å². The lowest BCUT2D eigenvalue weighted by Crippen LogP contribution is -2.52. The summed E-state index contributed by atoms with van der Waals surface area (Å²) in [7, 11) is 0. The van der Waals surface area contributed by atoms with Crippen molar-refractivity contribution < 1.29 is 9.15 Å². The second kappa shape index (κ2) is 8.32. The Bertz CT molecular complexity index is 1300. The number of pyridine rings is 1. The van der Waals surface area contributed by atoms with Gasteiger partial charge >= 0.3 is 0 Å². The lowest BCUT2D eigenvalue weighted by Gasteiger charge is -2.40. The van der Waals surface area contributed by atoms with Crippen molar-refractivity contribution in [2.75, 3.05) is 18.4 Å². The number of nitrogens with one attached hydrogen (secondary N) is 1. The summed E-state index contributed by atoms with van der Waals surface area (Å²) < 4.78 is 11.4. The van der Waals surface area contributed by atoms with Crippen LogP contribution in [-0.4, -0.2) is 44.0 Å². The Morgan fingerprint density at radius 2 is 2.09 bits per heavy atom. The third-order valence-corrected chi connectivity index (χ3v) is 5.53. The molecule has 1 aromatic carbocycles. The van der Waals surface area contributed by atoms with Crippen molar-refractivity contribution in [2.45, 2.75) is 6.10 Å². The first-order valence-corrected chi connectivity index (χ1v) is 10.3. The summed E-state index contributed by atoms with van der Waals surface area (Å²) in [5.41, 5.74) is 3.12. The number of aromatic nitrogens is 4. The Labute approximate surface area is 189 Å². The molecular formula is C23H19ClN6O2. The average molecular weight is 447 g/mol. The zero-order valence-electron chi connectivity index (χ0n) is 17.0. The SMILES string of the molecule is C=CC(=C)N1CC(Oc2cc3c(Nc4ccc(Cl)c(-c5cnco5)c4)ncnc3cn2)C1. The van der Waals surface area contributed by atoms with Gasteiger partial charge in [-0.2, -0.15) is 0 Å². The molecule has 1 fully saturated rings. The van der Waals surface area contributed by atoms with Crippen molar-refractivity contribution in [1.82, 2.24) is 24.8 Å². The van der Waals surface area contributed by atoms with E-state index in [1.54, 1.807) is 24.5 Å². The molecule has 0 saturated carbocycles. The molecule has 1 saturated heterocycles. The van der Waals surface area contributed by atoms with Crippen LogP contribution in [0.15, 0.2) is 78.7 Å². The number of hydrogen-bond donors (Lipinski definition) is 1. The number of fused-ring (bicyclic) bond motifs is 1. The fourth-order valence-corrected chi connectivity index (χ4v) is 3.64. The molecule has 3 aromatic heterocycles. The molecule has 8 nitrogen and oxygen atoms in total.